The zero-order chi connectivity index (χ0) is 10.1. The molecule has 1 aromatic carbocycles. The first-order chi connectivity index (χ1) is 5.95. The molecule has 2 heteroatoms. The summed E-state index contributed by atoms with van der Waals surface area (Å²) in [7, 11) is 0. The highest BCUT2D eigenvalue weighted by Crippen LogP contribution is 2.27. The van der Waals surface area contributed by atoms with Crippen molar-refractivity contribution in [1.29, 1.82) is 0 Å². The molecule has 0 heterocycles. The summed E-state index contributed by atoms with van der Waals surface area (Å²) in [6.07, 6.45) is 1.95. The molecular formula is C11H15FS. The molecule has 0 atom stereocenters. The van der Waals surface area contributed by atoms with Crippen LogP contribution in [0.5, 0.6) is 0 Å². The van der Waals surface area contributed by atoms with Crippen LogP contribution < -0.4 is 0 Å². The third-order valence-corrected chi connectivity index (χ3v) is 2.71. The molecule has 1 rings (SSSR count). The maximum absolute atomic E-state index is 13.5. The minimum atomic E-state index is -0.110. The molecule has 0 saturated carbocycles. The third kappa shape index (κ3) is 2.47. The summed E-state index contributed by atoms with van der Waals surface area (Å²) in [6, 6.07) is 5.45. The van der Waals surface area contributed by atoms with E-state index in [1.807, 2.05) is 39.2 Å². The molecule has 13 heavy (non-hydrogen) atoms. The highest BCUT2D eigenvalue weighted by Gasteiger charge is 2.17. The van der Waals surface area contributed by atoms with E-state index in [1.54, 1.807) is 17.8 Å². The van der Waals surface area contributed by atoms with E-state index in [1.165, 1.54) is 0 Å². The highest BCUT2D eigenvalue weighted by molar-refractivity contribution is 7.98. The normalized spacial score (nSPS) is 11.8. The molecule has 0 N–H and O–H groups in total. The third-order valence-electron chi connectivity index (χ3n) is 1.98. The Morgan fingerprint density at radius 2 is 1.85 bits per heavy atom. The molecule has 0 radical (unpaired) electrons. The molecule has 1 aromatic rings. The van der Waals surface area contributed by atoms with Gasteiger partial charge in [-0.2, -0.15) is 0 Å². The largest absolute Gasteiger partial charge is 0.207 e. The van der Waals surface area contributed by atoms with E-state index < -0.39 is 0 Å². The number of hydrogen-bond acceptors (Lipinski definition) is 1. The zero-order valence-corrected chi connectivity index (χ0v) is 9.33. The Bertz CT molecular complexity index is 299. The van der Waals surface area contributed by atoms with Crippen molar-refractivity contribution < 1.29 is 4.39 Å². The van der Waals surface area contributed by atoms with Crippen LogP contribution >= 0.6 is 11.8 Å². The van der Waals surface area contributed by atoms with E-state index in [4.69, 9.17) is 0 Å². The van der Waals surface area contributed by atoms with Gasteiger partial charge in [-0.1, -0.05) is 26.8 Å². The molecule has 0 fully saturated rings. The van der Waals surface area contributed by atoms with Gasteiger partial charge in [0, 0.05) is 4.90 Å². The second-order valence-electron chi connectivity index (χ2n) is 4.10. The number of halogens is 1. The van der Waals surface area contributed by atoms with Gasteiger partial charge in [-0.3, -0.25) is 0 Å². The molecule has 0 spiro atoms. The van der Waals surface area contributed by atoms with E-state index in [0.717, 1.165) is 10.5 Å². The molecule has 0 aromatic heterocycles. The van der Waals surface area contributed by atoms with Gasteiger partial charge in [0.05, 0.1) is 0 Å². The first kappa shape index (κ1) is 10.6. The summed E-state index contributed by atoms with van der Waals surface area (Å²) >= 11 is 1.56. The van der Waals surface area contributed by atoms with Crippen LogP contribution in [-0.2, 0) is 5.41 Å². The van der Waals surface area contributed by atoms with Crippen molar-refractivity contribution in [3.8, 4) is 0 Å². The van der Waals surface area contributed by atoms with Crippen molar-refractivity contribution in [2.45, 2.75) is 31.1 Å². The Kier molecular flexibility index (Phi) is 3.01. The van der Waals surface area contributed by atoms with Crippen LogP contribution in [0.2, 0.25) is 0 Å². The lowest BCUT2D eigenvalue weighted by atomic mass is 9.87. The number of hydrogen-bond donors (Lipinski definition) is 0. The molecule has 0 aliphatic rings. The van der Waals surface area contributed by atoms with Gasteiger partial charge in [0.1, 0.15) is 5.82 Å². The molecule has 0 saturated heterocycles. The molecule has 72 valence electrons. The SMILES string of the molecule is CSc1ccc(C(C)(C)C)c(F)c1. The Labute approximate surface area is 83.5 Å². The van der Waals surface area contributed by atoms with Crippen molar-refractivity contribution in [2.75, 3.05) is 6.26 Å². The van der Waals surface area contributed by atoms with Crippen LogP contribution in [0.1, 0.15) is 26.3 Å². The van der Waals surface area contributed by atoms with E-state index in [9.17, 15) is 4.39 Å². The minimum Gasteiger partial charge on any atom is -0.207 e. The van der Waals surface area contributed by atoms with Crippen LogP contribution in [0.25, 0.3) is 0 Å². The fraction of sp³-hybridized carbons (Fsp3) is 0.455. The fourth-order valence-electron chi connectivity index (χ4n) is 1.23. The Morgan fingerprint density at radius 1 is 1.23 bits per heavy atom. The molecule has 0 unspecified atom stereocenters. The van der Waals surface area contributed by atoms with Crippen molar-refractivity contribution in [3.63, 3.8) is 0 Å². The zero-order valence-electron chi connectivity index (χ0n) is 8.52. The lowest BCUT2D eigenvalue weighted by Crippen LogP contribution is -2.13. The van der Waals surface area contributed by atoms with Crippen molar-refractivity contribution >= 4 is 11.8 Å². The minimum absolute atomic E-state index is 0.0978. The fourth-order valence-corrected chi connectivity index (χ4v) is 1.66. The molecule has 0 bridgehead atoms. The van der Waals surface area contributed by atoms with Gasteiger partial charge in [0.15, 0.2) is 0 Å². The van der Waals surface area contributed by atoms with E-state index in [2.05, 4.69) is 0 Å². The van der Waals surface area contributed by atoms with Gasteiger partial charge in [0.2, 0.25) is 0 Å². The van der Waals surface area contributed by atoms with Crippen molar-refractivity contribution in [3.05, 3.63) is 29.6 Å². The van der Waals surface area contributed by atoms with Crippen molar-refractivity contribution in [2.24, 2.45) is 0 Å². The Balaban J connectivity index is 3.13. The van der Waals surface area contributed by atoms with Crippen LogP contribution in [0.15, 0.2) is 23.1 Å². The van der Waals surface area contributed by atoms with Gasteiger partial charge in [0.25, 0.3) is 0 Å². The molecule has 0 nitrogen and oxygen atoms in total. The molecule has 0 aliphatic heterocycles. The van der Waals surface area contributed by atoms with E-state index in [0.29, 0.717) is 0 Å². The molecular weight excluding hydrogens is 183 g/mol. The second kappa shape index (κ2) is 3.70. The second-order valence-corrected chi connectivity index (χ2v) is 4.98. The topological polar surface area (TPSA) is 0 Å². The smallest absolute Gasteiger partial charge is 0.128 e. The Morgan fingerprint density at radius 3 is 2.23 bits per heavy atom. The van der Waals surface area contributed by atoms with Crippen LogP contribution in [0.4, 0.5) is 4.39 Å². The van der Waals surface area contributed by atoms with Gasteiger partial charge < -0.3 is 0 Å². The van der Waals surface area contributed by atoms with Crippen LogP contribution in [0.3, 0.4) is 0 Å². The highest BCUT2D eigenvalue weighted by atomic mass is 32.2. The van der Waals surface area contributed by atoms with Gasteiger partial charge in [-0.25, -0.2) is 4.39 Å². The predicted octanol–water partition coefficient (Wildman–Crippen LogP) is 3.85. The summed E-state index contributed by atoms with van der Waals surface area (Å²) < 4.78 is 13.5. The summed E-state index contributed by atoms with van der Waals surface area (Å²) in [5.74, 6) is -0.0978. The predicted molar refractivity (Wildman–Crippen MR) is 56.9 cm³/mol. The lowest BCUT2D eigenvalue weighted by Gasteiger charge is -2.19. The first-order valence-corrected chi connectivity index (χ1v) is 5.51. The number of rotatable bonds is 1. The van der Waals surface area contributed by atoms with E-state index >= 15 is 0 Å². The average molecular weight is 198 g/mol. The van der Waals surface area contributed by atoms with Gasteiger partial charge >= 0.3 is 0 Å². The summed E-state index contributed by atoms with van der Waals surface area (Å²) in [4.78, 5) is 0.977. The maximum atomic E-state index is 13.5. The lowest BCUT2D eigenvalue weighted by molar-refractivity contribution is 0.521. The summed E-state index contributed by atoms with van der Waals surface area (Å²) in [6.45, 7) is 6.05. The van der Waals surface area contributed by atoms with Gasteiger partial charge in [-0.15, -0.1) is 11.8 Å². The van der Waals surface area contributed by atoms with E-state index in [-0.39, 0.29) is 11.2 Å². The molecule has 0 aliphatic carbocycles. The first-order valence-electron chi connectivity index (χ1n) is 4.29. The van der Waals surface area contributed by atoms with Crippen molar-refractivity contribution in [1.82, 2.24) is 0 Å². The summed E-state index contributed by atoms with van der Waals surface area (Å²) in [5.41, 5.74) is 0.673. The molecule has 0 amide bonds. The monoisotopic (exact) mass is 198 g/mol. The van der Waals surface area contributed by atoms with Crippen LogP contribution in [0, 0.1) is 5.82 Å². The average Bonchev–Trinajstić information content (AvgIpc) is 2.01. The van der Waals surface area contributed by atoms with Crippen LogP contribution in [-0.4, -0.2) is 6.26 Å². The van der Waals surface area contributed by atoms with Gasteiger partial charge in [-0.05, 0) is 29.4 Å². The standard InChI is InChI=1S/C11H15FS/c1-11(2,3)9-6-5-8(13-4)7-10(9)12/h5-7H,1-4H3. The maximum Gasteiger partial charge on any atom is 0.128 e. The summed E-state index contributed by atoms with van der Waals surface area (Å²) in [5, 5.41) is 0. The Hall–Kier alpha value is -0.500. The quantitative estimate of drug-likeness (QED) is 0.618. The number of thioether (sulfide) groups is 1. The number of benzene rings is 1.